The molecule has 0 amide bonds. The number of ketones is 1. The Hall–Kier alpha value is -0.900. The van der Waals surface area contributed by atoms with Crippen LogP contribution in [0.1, 0.15) is 52.9 Å². The minimum absolute atomic E-state index is 0.0163. The van der Waals surface area contributed by atoms with Gasteiger partial charge in [-0.1, -0.05) is 0 Å². The number of carbonyl (C=O) groups is 2. The molecule has 16 heavy (non-hydrogen) atoms. The summed E-state index contributed by atoms with van der Waals surface area (Å²) in [6.45, 7) is 5.37. The molecule has 0 saturated heterocycles. The van der Waals surface area contributed by atoms with E-state index in [1.807, 2.05) is 0 Å². The minimum atomic E-state index is -1.05. The lowest BCUT2D eigenvalue weighted by atomic mass is 9.82. The van der Waals surface area contributed by atoms with E-state index >= 15 is 0 Å². The number of ether oxygens (including phenoxy) is 1. The van der Waals surface area contributed by atoms with Gasteiger partial charge in [-0.2, -0.15) is 0 Å². The zero-order valence-corrected chi connectivity index (χ0v) is 10.2. The fourth-order valence-electron chi connectivity index (χ4n) is 1.82. The van der Waals surface area contributed by atoms with Crippen molar-refractivity contribution in [1.82, 2.24) is 0 Å². The van der Waals surface area contributed by atoms with Crippen LogP contribution >= 0.6 is 0 Å². The van der Waals surface area contributed by atoms with Crippen molar-refractivity contribution in [2.45, 2.75) is 64.1 Å². The monoisotopic (exact) mass is 228 g/mol. The highest BCUT2D eigenvalue weighted by Gasteiger charge is 2.35. The van der Waals surface area contributed by atoms with E-state index in [2.05, 4.69) is 0 Å². The lowest BCUT2D eigenvalue weighted by molar-refractivity contribution is -0.162. The van der Waals surface area contributed by atoms with Gasteiger partial charge in [0.2, 0.25) is 0 Å². The smallest absolute Gasteiger partial charge is 0.309 e. The molecule has 0 aromatic heterocycles. The Morgan fingerprint density at radius 1 is 1.38 bits per heavy atom. The topological polar surface area (TPSA) is 63.6 Å². The average molecular weight is 228 g/mol. The van der Waals surface area contributed by atoms with E-state index in [-0.39, 0.29) is 12.2 Å². The first kappa shape index (κ1) is 13.2. The third-order valence-electron chi connectivity index (χ3n) is 2.63. The van der Waals surface area contributed by atoms with Gasteiger partial charge in [0.1, 0.15) is 11.4 Å². The van der Waals surface area contributed by atoms with Crippen LogP contribution in [0.4, 0.5) is 0 Å². The Bertz CT molecular complexity index is 278. The molecule has 0 atom stereocenters. The lowest BCUT2D eigenvalue weighted by Crippen LogP contribution is -2.38. The van der Waals surface area contributed by atoms with E-state index in [0.29, 0.717) is 25.7 Å². The Balaban J connectivity index is 2.47. The highest BCUT2D eigenvalue weighted by Crippen LogP contribution is 2.30. The second-order valence-electron chi connectivity index (χ2n) is 5.53. The van der Waals surface area contributed by atoms with Crippen LogP contribution in [0, 0.1) is 0 Å². The van der Waals surface area contributed by atoms with Crippen molar-refractivity contribution >= 4 is 11.8 Å². The van der Waals surface area contributed by atoms with Crippen LogP contribution in [0.3, 0.4) is 0 Å². The maximum absolute atomic E-state index is 11.5. The Labute approximate surface area is 96.0 Å². The fraction of sp³-hybridized carbons (Fsp3) is 0.833. The number of hydrogen-bond acceptors (Lipinski definition) is 4. The SMILES string of the molecule is CC(C)(C)OC(=O)CC1(O)CCC(=O)CC1. The van der Waals surface area contributed by atoms with Gasteiger partial charge < -0.3 is 9.84 Å². The molecule has 0 heterocycles. The molecule has 0 spiro atoms. The van der Waals surface area contributed by atoms with E-state index in [4.69, 9.17) is 4.74 Å². The summed E-state index contributed by atoms with van der Waals surface area (Å²) in [4.78, 5) is 22.6. The van der Waals surface area contributed by atoms with Gasteiger partial charge in [-0.3, -0.25) is 9.59 Å². The highest BCUT2D eigenvalue weighted by atomic mass is 16.6. The van der Waals surface area contributed by atoms with Gasteiger partial charge in [0.05, 0.1) is 12.0 Å². The molecule has 0 unspecified atom stereocenters. The summed E-state index contributed by atoms with van der Waals surface area (Å²) in [5.41, 5.74) is -1.58. The summed E-state index contributed by atoms with van der Waals surface area (Å²) in [6, 6.07) is 0. The first-order chi connectivity index (χ1) is 7.20. The van der Waals surface area contributed by atoms with Gasteiger partial charge in [0, 0.05) is 12.8 Å². The molecule has 4 nitrogen and oxygen atoms in total. The summed E-state index contributed by atoms with van der Waals surface area (Å²) in [6.07, 6.45) is 1.44. The van der Waals surface area contributed by atoms with E-state index in [0.717, 1.165) is 0 Å². The van der Waals surface area contributed by atoms with Crippen LogP contribution in [0.15, 0.2) is 0 Å². The van der Waals surface area contributed by atoms with E-state index < -0.39 is 17.2 Å². The molecule has 1 rings (SSSR count). The number of aliphatic hydroxyl groups is 1. The van der Waals surface area contributed by atoms with Crippen molar-refractivity contribution in [3.8, 4) is 0 Å². The maximum Gasteiger partial charge on any atom is 0.309 e. The average Bonchev–Trinajstić information content (AvgIpc) is 2.07. The number of carbonyl (C=O) groups excluding carboxylic acids is 2. The minimum Gasteiger partial charge on any atom is -0.460 e. The molecule has 1 saturated carbocycles. The normalized spacial score (nSPS) is 20.6. The summed E-state index contributed by atoms with van der Waals surface area (Å²) < 4.78 is 5.15. The quantitative estimate of drug-likeness (QED) is 0.729. The zero-order chi connectivity index (χ0) is 12.4. The summed E-state index contributed by atoms with van der Waals surface area (Å²) in [5.74, 6) is -0.238. The van der Waals surface area contributed by atoms with E-state index in [9.17, 15) is 14.7 Å². The molecule has 1 N–H and O–H groups in total. The van der Waals surface area contributed by atoms with Crippen molar-refractivity contribution in [2.75, 3.05) is 0 Å². The standard InChI is InChI=1S/C12H20O4/c1-11(2,3)16-10(14)8-12(15)6-4-9(13)5-7-12/h15H,4-8H2,1-3H3. The molecule has 0 aliphatic heterocycles. The van der Waals surface area contributed by atoms with Crippen molar-refractivity contribution < 1.29 is 19.4 Å². The molecule has 0 aromatic rings. The van der Waals surface area contributed by atoms with Crippen LogP contribution in [-0.2, 0) is 14.3 Å². The third kappa shape index (κ3) is 4.31. The molecule has 4 heteroatoms. The molecule has 1 aliphatic carbocycles. The predicted molar refractivity (Wildman–Crippen MR) is 58.9 cm³/mol. The third-order valence-corrected chi connectivity index (χ3v) is 2.63. The van der Waals surface area contributed by atoms with Gasteiger partial charge in [-0.05, 0) is 33.6 Å². The number of esters is 1. The molecule has 0 aromatic carbocycles. The molecular weight excluding hydrogens is 208 g/mol. The van der Waals surface area contributed by atoms with E-state index in [1.165, 1.54) is 0 Å². The van der Waals surface area contributed by atoms with Crippen LogP contribution in [0.25, 0.3) is 0 Å². The summed E-state index contributed by atoms with van der Waals surface area (Å²) in [5, 5.41) is 10.1. The van der Waals surface area contributed by atoms with Crippen molar-refractivity contribution in [1.29, 1.82) is 0 Å². The molecule has 1 aliphatic rings. The van der Waals surface area contributed by atoms with Crippen LogP contribution in [0.5, 0.6) is 0 Å². The molecule has 0 radical (unpaired) electrons. The van der Waals surface area contributed by atoms with Gasteiger partial charge in [0.25, 0.3) is 0 Å². The van der Waals surface area contributed by atoms with Crippen LogP contribution < -0.4 is 0 Å². The molecule has 92 valence electrons. The second-order valence-corrected chi connectivity index (χ2v) is 5.53. The van der Waals surface area contributed by atoms with Crippen molar-refractivity contribution in [3.05, 3.63) is 0 Å². The molecule has 1 fully saturated rings. The summed E-state index contributed by atoms with van der Waals surface area (Å²) in [7, 11) is 0. The van der Waals surface area contributed by atoms with Gasteiger partial charge in [-0.15, -0.1) is 0 Å². The number of rotatable bonds is 2. The molecule has 0 bridgehead atoms. The van der Waals surface area contributed by atoms with Crippen molar-refractivity contribution in [3.63, 3.8) is 0 Å². The van der Waals surface area contributed by atoms with Gasteiger partial charge in [0.15, 0.2) is 0 Å². The Morgan fingerprint density at radius 3 is 2.31 bits per heavy atom. The highest BCUT2D eigenvalue weighted by molar-refractivity contribution is 5.80. The lowest BCUT2D eigenvalue weighted by Gasteiger charge is -2.31. The zero-order valence-electron chi connectivity index (χ0n) is 10.2. The summed E-state index contributed by atoms with van der Waals surface area (Å²) >= 11 is 0. The largest absolute Gasteiger partial charge is 0.460 e. The van der Waals surface area contributed by atoms with Crippen molar-refractivity contribution in [2.24, 2.45) is 0 Å². The van der Waals surface area contributed by atoms with Gasteiger partial charge in [-0.25, -0.2) is 0 Å². The Morgan fingerprint density at radius 2 is 1.88 bits per heavy atom. The Kier molecular flexibility index (Phi) is 3.73. The van der Waals surface area contributed by atoms with E-state index in [1.54, 1.807) is 20.8 Å². The van der Waals surface area contributed by atoms with Gasteiger partial charge >= 0.3 is 5.97 Å². The predicted octanol–water partition coefficient (Wildman–Crippen LogP) is 1.59. The van der Waals surface area contributed by atoms with Crippen LogP contribution in [0.2, 0.25) is 0 Å². The first-order valence-electron chi connectivity index (χ1n) is 5.66. The van der Waals surface area contributed by atoms with Crippen LogP contribution in [-0.4, -0.2) is 28.1 Å². The number of hydrogen-bond donors (Lipinski definition) is 1. The maximum atomic E-state index is 11.5. The first-order valence-corrected chi connectivity index (χ1v) is 5.66. The fourth-order valence-corrected chi connectivity index (χ4v) is 1.82. The molecular formula is C12H20O4. The number of Topliss-reactive ketones (excluding diaryl/α,β-unsaturated/α-hetero) is 1. The second kappa shape index (κ2) is 4.53.